The minimum absolute atomic E-state index is 0.0613. The zero-order valence-electron chi connectivity index (χ0n) is 15.7. The van der Waals surface area contributed by atoms with Crippen molar-refractivity contribution in [2.45, 2.75) is 71.3 Å². The molecule has 0 aliphatic carbocycles. The van der Waals surface area contributed by atoms with Gasteiger partial charge in [-0.25, -0.2) is 4.79 Å². The van der Waals surface area contributed by atoms with Crippen LogP contribution in [-0.4, -0.2) is 38.5 Å². The Morgan fingerprint density at radius 3 is 2.62 bits per heavy atom. The Kier molecular flexibility index (Phi) is 5.67. The highest BCUT2D eigenvalue weighted by atomic mass is 32.2. The molecule has 2 rings (SSSR count). The van der Waals surface area contributed by atoms with Gasteiger partial charge in [0.05, 0.1) is 12.2 Å². The SMILES string of the molecule is Cc1cn(C2CS[C@H](COC(C)(C)C)O2)c(=O)nc1NC(C)(C)C. The first-order valence-corrected chi connectivity index (χ1v) is 9.28. The Bertz CT molecular complexity index is 631. The summed E-state index contributed by atoms with van der Waals surface area (Å²) in [7, 11) is 0. The topological polar surface area (TPSA) is 65.4 Å². The van der Waals surface area contributed by atoms with Crippen molar-refractivity contribution in [1.82, 2.24) is 9.55 Å². The Morgan fingerprint density at radius 2 is 2.04 bits per heavy atom. The number of hydrogen-bond donors (Lipinski definition) is 1. The van der Waals surface area contributed by atoms with Crippen molar-refractivity contribution in [1.29, 1.82) is 0 Å². The molecule has 1 N–H and O–H groups in total. The second-order valence-corrected chi connectivity index (χ2v) is 9.31. The summed E-state index contributed by atoms with van der Waals surface area (Å²) in [6.45, 7) is 14.6. The van der Waals surface area contributed by atoms with E-state index in [1.54, 1.807) is 16.3 Å². The van der Waals surface area contributed by atoms with E-state index in [-0.39, 0.29) is 28.5 Å². The van der Waals surface area contributed by atoms with E-state index in [2.05, 4.69) is 10.3 Å². The zero-order chi connectivity index (χ0) is 18.1. The van der Waals surface area contributed by atoms with Gasteiger partial charge in [-0.15, -0.1) is 11.8 Å². The molecular weight excluding hydrogens is 326 g/mol. The molecule has 136 valence electrons. The minimum Gasteiger partial charge on any atom is -0.372 e. The van der Waals surface area contributed by atoms with Crippen LogP contribution in [0.4, 0.5) is 5.82 Å². The van der Waals surface area contributed by atoms with Crippen LogP contribution in [0.3, 0.4) is 0 Å². The van der Waals surface area contributed by atoms with Gasteiger partial charge in [0, 0.05) is 23.1 Å². The predicted molar refractivity (Wildman–Crippen MR) is 98.7 cm³/mol. The number of aromatic nitrogens is 2. The van der Waals surface area contributed by atoms with E-state index < -0.39 is 0 Å². The van der Waals surface area contributed by atoms with Gasteiger partial charge in [0.15, 0.2) is 0 Å². The summed E-state index contributed by atoms with van der Waals surface area (Å²) in [5.74, 6) is 1.34. The number of nitrogens with one attached hydrogen (secondary N) is 1. The molecule has 0 spiro atoms. The summed E-state index contributed by atoms with van der Waals surface area (Å²) in [6, 6.07) is 0. The first-order valence-electron chi connectivity index (χ1n) is 8.24. The molecule has 1 aliphatic rings. The molecular formula is C17H29N3O3S. The highest BCUT2D eigenvalue weighted by molar-refractivity contribution is 8.00. The number of rotatable bonds is 4. The lowest BCUT2D eigenvalue weighted by atomic mass is 10.1. The number of aryl methyl sites for hydroxylation is 1. The van der Waals surface area contributed by atoms with E-state index in [1.807, 2.05) is 54.7 Å². The van der Waals surface area contributed by atoms with Gasteiger partial charge in [0.25, 0.3) is 0 Å². The van der Waals surface area contributed by atoms with Gasteiger partial charge in [0.1, 0.15) is 17.5 Å². The average molecular weight is 356 g/mol. The number of ether oxygens (including phenoxy) is 2. The largest absolute Gasteiger partial charge is 0.372 e. The highest BCUT2D eigenvalue weighted by Gasteiger charge is 2.30. The van der Waals surface area contributed by atoms with Crippen molar-refractivity contribution in [2.75, 3.05) is 17.7 Å². The van der Waals surface area contributed by atoms with Crippen LogP contribution < -0.4 is 11.0 Å². The van der Waals surface area contributed by atoms with Crippen LogP contribution in [0.25, 0.3) is 0 Å². The summed E-state index contributed by atoms with van der Waals surface area (Å²) >= 11 is 1.66. The van der Waals surface area contributed by atoms with E-state index >= 15 is 0 Å². The van der Waals surface area contributed by atoms with Gasteiger partial charge in [0.2, 0.25) is 0 Å². The maximum absolute atomic E-state index is 12.4. The predicted octanol–water partition coefficient (Wildman–Crippen LogP) is 3.17. The molecule has 0 saturated carbocycles. The van der Waals surface area contributed by atoms with Crippen LogP contribution in [0, 0.1) is 6.92 Å². The maximum atomic E-state index is 12.4. The van der Waals surface area contributed by atoms with Crippen LogP contribution in [-0.2, 0) is 9.47 Å². The molecule has 7 heteroatoms. The van der Waals surface area contributed by atoms with Gasteiger partial charge in [-0.3, -0.25) is 4.57 Å². The third-order valence-corrected chi connectivity index (χ3v) is 4.42. The van der Waals surface area contributed by atoms with Gasteiger partial charge in [-0.2, -0.15) is 4.98 Å². The van der Waals surface area contributed by atoms with Crippen molar-refractivity contribution >= 4 is 17.6 Å². The molecule has 24 heavy (non-hydrogen) atoms. The lowest BCUT2D eigenvalue weighted by Crippen LogP contribution is -2.33. The minimum atomic E-state index is -0.300. The molecule has 1 aromatic rings. The van der Waals surface area contributed by atoms with Crippen LogP contribution in [0.5, 0.6) is 0 Å². The Morgan fingerprint density at radius 1 is 1.38 bits per heavy atom. The molecule has 2 atom stereocenters. The smallest absolute Gasteiger partial charge is 0.351 e. The first kappa shape index (κ1) is 19.3. The van der Waals surface area contributed by atoms with Gasteiger partial charge < -0.3 is 14.8 Å². The fourth-order valence-electron chi connectivity index (χ4n) is 2.25. The Hall–Kier alpha value is -1.05. The van der Waals surface area contributed by atoms with Crippen molar-refractivity contribution in [2.24, 2.45) is 0 Å². The van der Waals surface area contributed by atoms with Crippen LogP contribution in [0.1, 0.15) is 53.3 Å². The summed E-state index contributed by atoms with van der Waals surface area (Å²) < 4.78 is 13.3. The number of anilines is 1. The molecule has 1 unspecified atom stereocenters. The molecule has 2 heterocycles. The summed E-state index contributed by atoms with van der Waals surface area (Å²) in [5.41, 5.74) is 0.222. The van der Waals surface area contributed by atoms with Gasteiger partial charge in [-0.05, 0) is 48.5 Å². The molecule has 1 aromatic heterocycles. The normalized spacial score (nSPS) is 22.0. The molecule has 1 fully saturated rings. The maximum Gasteiger partial charge on any atom is 0.351 e. The number of thioether (sulfide) groups is 1. The van der Waals surface area contributed by atoms with Crippen molar-refractivity contribution in [3.05, 3.63) is 22.2 Å². The van der Waals surface area contributed by atoms with Crippen molar-refractivity contribution in [3.63, 3.8) is 0 Å². The molecule has 6 nitrogen and oxygen atoms in total. The lowest BCUT2D eigenvalue weighted by Gasteiger charge is -2.24. The second kappa shape index (κ2) is 7.06. The Labute approximate surface area is 148 Å². The Balaban J connectivity index is 2.08. The molecule has 0 bridgehead atoms. The molecule has 0 aromatic carbocycles. The van der Waals surface area contributed by atoms with Crippen LogP contribution in [0.15, 0.2) is 11.0 Å². The van der Waals surface area contributed by atoms with E-state index in [4.69, 9.17) is 9.47 Å². The lowest BCUT2D eigenvalue weighted by molar-refractivity contribution is -0.0684. The second-order valence-electron chi connectivity index (χ2n) is 8.11. The number of hydrogen-bond acceptors (Lipinski definition) is 6. The standard InChI is InChI=1S/C17H29N3O3S/c1-11-8-20(15(21)18-14(11)19-16(2,3)4)12-10-24-13(23-12)9-22-17(5,6)7/h8,12-13H,9-10H2,1-7H3,(H,18,19,21)/t12?,13-/m1/s1. The third-order valence-electron chi connectivity index (χ3n) is 3.32. The molecule has 0 radical (unpaired) electrons. The summed E-state index contributed by atoms with van der Waals surface area (Å²) in [5, 5.41) is 3.26. The molecule has 0 amide bonds. The quantitative estimate of drug-likeness (QED) is 0.895. The highest BCUT2D eigenvalue weighted by Crippen LogP contribution is 2.32. The van der Waals surface area contributed by atoms with Crippen molar-refractivity contribution in [3.8, 4) is 0 Å². The average Bonchev–Trinajstić information content (AvgIpc) is 2.86. The first-order chi connectivity index (χ1) is 10.9. The van der Waals surface area contributed by atoms with Gasteiger partial charge >= 0.3 is 5.69 Å². The zero-order valence-corrected chi connectivity index (χ0v) is 16.5. The fraction of sp³-hybridized carbons (Fsp3) is 0.765. The van der Waals surface area contributed by atoms with E-state index in [1.165, 1.54) is 0 Å². The molecule has 1 saturated heterocycles. The monoisotopic (exact) mass is 355 g/mol. The van der Waals surface area contributed by atoms with Crippen LogP contribution >= 0.6 is 11.8 Å². The van der Waals surface area contributed by atoms with Crippen LogP contribution in [0.2, 0.25) is 0 Å². The van der Waals surface area contributed by atoms with E-state index in [0.29, 0.717) is 18.2 Å². The van der Waals surface area contributed by atoms with E-state index in [0.717, 1.165) is 5.56 Å². The molecule has 1 aliphatic heterocycles. The van der Waals surface area contributed by atoms with Crippen molar-refractivity contribution < 1.29 is 9.47 Å². The van der Waals surface area contributed by atoms with Gasteiger partial charge in [-0.1, -0.05) is 0 Å². The third kappa shape index (κ3) is 5.50. The fourth-order valence-corrected chi connectivity index (χ4v) is 3.24. The summed E-state index contributed by atoms with van der Waals surface area (Å²) in [4.78, 5) is 16.6. The number of nitrogens with zero attached hydrogens (tertiary/aromatic N) is 2. The summed E-state index contributed by atoms with van der Waals surface area (Å²) in [6.07, 6.45) is 1.52. The van der Waals surface area contributed by atoms with E-state index in [9.17, 15) is 4.79 Å².